The molecule has 48 valence electrons. The Morgan fingerprint density at radius 2 is 2.67 bits per heavy atom. The first-order chi connectivity index (χ1) is 4.47. The molecule has 0 saturated carbocycles. The van der Waals surface area contributed by atoms with Gasteiger partial charge in [-0.2, -0.15) is 0 Å². The predicted molar refractivity (Wildman–Crippen MR) is 38.9 cm³/mol. The van der Waals surface area contributed by atoms with E-state index < -0.39 is 0 Å². The lowest BCUT2D eigenvalue weighted by Crippen LogP contribution is -2.09. The summed E-state index contributed by atoms with van der Waals surface area (Å²) in [5.41, 5.74) is 1.91. The summed E-state index contributed by atoms with van der Waals surface area (Å²) in [5, 5.41) is 3.24. The molecule has 3 heteroatoms. The van der Waals surface area contributed by atoms with E-state index in [1.807, 2.05) is 5.51 Å². The van der Waals surface area contributed by atoms with Gasteiger partial charge in [0.1, 0.15) is 5.82 Å². The van der Waals surface area contributed by atoms with Crippen LogP contribution in [0.15, 0.2) is 5.51 Å². The second-order valence-corrected chi connectivity index (χ2v) is 3.09. The van der Waals surface area contributed by atoms with Gasteiger partial charge >= 0.3 is 0 Å². The van der Waals surface area contributed by atoms with E-state index in [0.717, 1.165) is 12.4 Å². The SMILES string of the molecule is c1nc2c(s1)CCCN2. The number of rotatable bonds is 0. The molecule has 1 aromatic rings. The number of hydrogen-bond donors (Lipinski definition) is 1. The highest BCUT2D eigenvalue weighted by Crippen LogP contribution is 2.23. The van der Waals surface area contributed by atoms with E-state index in [4.69, 9.17) is 0 Å². The molecular formula is C6H8N2S. The van der Waals surface area contributed by atoms with Crippen LogP contribution in [0.5, 0.6) is 0 Å². The Morgan fingerprint density at radius 1 is 1.67 bits per heavy atom. The van der Waals surface area contributed by atoms with Crippen molar-refractivity contribution >= 4 is 17.2 Å². The van der Waals surface area contributed by atoms with Crippen molar-refractivity contribution < 1.29 is 0 Å². The van der Waals surface area contributed by atoms with Crippen molar-refractivity contribution in [2.75, 3.05) is 11.9 Å². The third-order valence-electron chi connectivity index (χ3n) is 1.51. The highest BCUT2D eigenvalue weighted by atomic mass is 32.1. The van der Waals surface area contributed by atoms with Crippen molar-refractivity contribution in [3.05, 3.63) is 10.4 Å². The molecule has 0 aliphatic carbocycles. The van der Waals surface area contributed by atoms with Gasteiger partial charge in [0.15, 0.2) is 0 Å². The number of thiazole rings is 1. The molecule has 0 radical (unpaired) electrons. The zero-order valence-corrected chi connectivity index (χ0v) is 5.87. The van der Waals surface area contributed by atoms with Gasteiger partial charge in [0.05, 0.1) is 5.51 Å². The molecule has 1 aliphatic heterocycles. The largest absolute Gasteiger partial charge is 0.369 e. The van der Waals surface area contributed by atoms with Crippen LogP contribution < -0.4 is 5.32 Å². The topological polar surface area (TPSA) is 24.9 Å². The van der Waals surface area contributed by atoms with E-state index in [1.165, 1.54) is 17.7 Å². The Bertz CT molecular complexity index is 186. The number of nitrogens with zero attached hydrogens (tertiary/aromatic N) is 1. The third-order valence-corrected chi connectivity index (χ3v) is 2.41. The highest BCUT2D eigenvalue weighted by Gasteiger charge is 2.08. The number of aromatic nitrogens is 1. The number of anilines is 1. The molecule has 2 rings (SSSR count). The van der Waals surface area contributed by atoms with Crippen LogP contribution in [0.3, 0.4) is 0 Å². The lowest BCUT2D eigenvalue weighted by Gasteiger charge is -2.10. The van der Waals surface area contributed by atoms with Gasteiger partial charge in [-0.15, -0.1) is 11.3 Å². The first-order valence-corrected chi connectivity index (χ1v) is 4.01. The molecule has 1 N–H and O–H groups in total. The van der Waals surface area contributed by atoms with Crippen LogP contribution in [0.4, 0.5) is 5.82 Å². The van der Waals surface area contributed by atoms with Gasteiger partial charge in [-0.05, 0) is 12.8 Å². The minimum absolute atomic E-state index is 1.09. The molecule has 0 spiro atoms. The van der Waals surface area contributed by atoms with Crippen LogP contribution in [-0.4, -0.2) is 11.5 Å². The summed E-state index contributed by atoms with van der Waals surface area (Å²) in [6.07, 6.45) is 2.47. The van der Waals surface area contributed by atoms with Crippen molar-refractivity contribution in [1.82, 2.24) is 4.98 Å². The molecule has 0 fully saturated rings. The van der Waals surface area contributed by atoms with Crippen LogP contribution in [-0.2, 0) is 6.42 Å². The normalized spacial score (nSPS) is 16.4. The van der Waals surface area contributed by atoms with Gasteiger partial charge in [-0.25, -0.2) is 4.98 Å². The molecule has 1 aromatic heterocycles. The van der Waals surface area contributed by atoms with Gasteiger partial charge in [-0.1, -0.05) is 0 Å². The summed E-state index contributed by atoms with van der Waals surface area (Å²) in [7, 11) is 0. The summed E-state index contributed by atoms with van der Waals surface area (Å²) in [5.74, 6) is 1.12. The molecule has 9 heavy (non-hydrogen) atoms. The van der Waals surface area contributed by atoms with Crippen molar-refractivity contribution in [2.45, 2.75) is 12.8 Å². The minimum atomic E-state index is 1.09. The fraction of sp³-hybridized carbons (Fsp3) is 0.500. The lowest BCUT2D eigenvalue weighted by molar-refractivity contribution is 0.837. The van der Waals surface area contributed by atoms with Crippen molar-refractivity contribution in [3.63, 3.8) is 0 Å². The standard InChI is InChI=1S/C6H8N2S/c1-2-5-6(7-3-1)8-4-9-5/h4,7H,1-3H2. The zero-order chi connectivity index (χ0) is 6.10. The van der Waals surface area contributed by atoms with Crippen molar-refractivity contribution in [1.29, 1.82) is 0 Å². The molecule has 0 aromatic carbocycles. The molecule has 0 amide bonds. The van der Waals surface area contributed by atoms with Gasteiger partial charge in [-0.3, -0.25) is 0 Å². The van der Waals surface area contributed by atoms with Gasteiger partial charge in [0.25, 0.3) is 0 Å². The summed E-state index contributed by atoms with van der Waals surface area (Å²) >= 11 is 1.75. The van der Waals surface area contributed by atoms with E-state index in [1.54, 1.807) is 11.3 Å². The fourth-order valence-corrected chi connectivity index (χ4v) is 1.83. The molecule has 2 heterocycles. The Morgan fingerprint density at radius 3 is 3.56 bits per heavy atom. The average molecular weight is 140 g/mol. The first-order valence-electron chi connectivity index (χ1n) is 3.13. The van der Waals surface area contributed by atoms with E-state index in [9.17, 15) is 0 Å². The van der Waals surface area contributed by atoms with Crippen molar-refractivity contribution in [2.24, 2.45) is 0 Å². The smallest absolute Gasteiger partial charge is 0.140 e. The zero-order valence-electron chi connectivity index (χ0n) is 5.05. The highest BCUT2D eigenvalue weighted by molar-refractivity contribution is 7.10. The lowest BCUT2D eigenvalue weighted by atomic mass is 10.2. The van der Waals surface area contributed by atoms with E-state index in [0.29, 0.717) is 0 Å². The Kier molecular flexibility index (Phi) is 1.16. The van der Waals surface area contributed by atoms with Crippen LogP contribution in [0.25, 0.3) is 0 Å². The number of aryl methyl sites for hydroxylation is 1. The quantitative estimate of drug-likeness (QED) is 0.590. The second-order valence-electron chi connectivity index (χ2n) is 2.15. The average Bonchev–Trinajstić information content (AvgIpc) is 2.33. The molecule has 0 bridgehead atoms. The fourth-order valence-electron chi connectivity index (χ4n) is 1.05. The van der Waals surface area contributed by atoms with Crippen molar-refractivity contribution in [3.8, 4) is 0 Å². The number of fused-ring (bicyclic) bond motifs is 1. The molecule has 1 aliphatic rings. The van der Waals surface area contributed by atoms with Gasteiger partial charge in [0.2, 0.25) is 0 Å². The third kappa shape index (κ3) is 0.812. The van der Waals surface area contributed by atoms with Crippen LogP contribution in [0.2, 0.25) is 0 Å². The van der Waals surface area contributed by atoms with Gasteiger partial charge in [0, 0.05) is 11.4 Å². The first kappa shape index (κ1) is 5.23. The summed E-state index contributed by atoms with van der Waals surface area (Å²) in [6, 6.07) is 0. The maximum atomic E-state index is 4.16. The maximum absolute atomic E-state index is 4.16. The molecule has 2 nitrogen and oxygen atoms in total. The van der Waals surface area contributed by atoms with E-state index in [2.05, 4.69) is 10.3 Å². The molecule has 0 saturated heterocycles. The number of hydrogen-bond acceptors (Lipinski definition) is 3. The minimum Gasteiger partial charge on any atom is -0.369 e. The van der Waals surface area contributed by atoms with Crippen LogP contribution in [0.1, 0.15) is 11.3 Å². The van der Waals surface area contributed by atoms with Crippen LogP contribution >= 0.6 is 11.3 Å². The van der Waals surface area contributed by atoms with E-state index in [-0.39, 0.29) is 0 Å². The molecule has 0 atom stereocenters. The molecule has 0 unspecified atom stereocenters. The molecular weight excluding hydrogens is 132 g/mol. The van der Waals surface area contributed by atoms with E-state index >= 15 is 0 Å². The Balaban J connectivity index is 2.39. The summed E-state index contributed by atoms with van der Waals surface area (Å²) < 4.78 is 0. The predicted octanol–water partition coefficient (Wildman–Crippen LogP) is 1.50. The summed E-state index contributed by atoms with van der Waals surface area (Å²) in [4.78, 5) is 5.58. The number of nitrogens with one attached hydrogen (secondary N) is 1. The second kappa shape index (κ2) is 1.99. The summed E-state index contributed by atoms with van der Waals surface area (Å²) in [6.45, 7) is 1.09. The monoisotopic (exact) mass is 140 g/mol. The Labute approximate surface area is 57.9 Å². The van der Waals surface area contributed by atoms with Crippen LogP contribution in [0, 0.1) is 0 Å². The maximum Gasteiger partial charge on any atom is 0.140 e. The van der Waals surface area contributed by atoms with Gasteiger partial charge < -0.3 is 5.32 Å². The Hall–Kier alpha value is -0.570.